The van der Waals surface area contributed by atoms with Crippen LogP contribution in [0.5, 0.6) is 0 Å². The van der Waals surface area contributed by atoms with Crippen molar-refractivity contribution < 1.29 is 19.5 Å². The molecule has 1 rings (SSSR count). The Bertz CT molecular complexity index is 430. The summed E-state index contributed by atoms with van der Waals surface area (Å²) in [7, 11) is 0. The van der Waals surface area contributed by atoms with Crippen LogP contribution in [0.4, 0.5) is 0 Å². The van der Waals surface area contributed by atoms with Gasteiger partial charge in [0.05, 0.1) is 11.7 Å². The summed E-state index contributed by atoms with van der Waals surface area (Å²) in [5.74, 6) is -1.94. The van der Waals surface area contributed by atoms with E-state index in [1.807, 2.05) is 0 Å². The molecule has 0 radical (unpaired) electrons. The van der Waals surface area contributed by atoms with Gasteiger partial charge in [0.1, 0.15) is 5.69 Å². The third-order valence-corrected chi connectivity index (χ3v) is 3.32. The molecule has 18 heavy (non-hydrogen) atoms. The van der Waals surface area contributed by atoms with Gasteiger partial charge in [-0.25, -0.2) is 0 Å². The number of carboxylic acids is 1. The van der Waals surface area contributed by atoms with Gasteiger partial charge in [-0.1, -0.05) is 6.92 Å². The minimum atomic E-state index is -0.898. The lowest BCUT2D eigenvalue weighted by Crippen LogP contribution is -2.32. The molecule has 1 heterocycles. The summed E-state index contributed by atoms with van der Waals surface area (Å²) in [6.45, 7) is 1.57. The molecule has 0 aliphatic rings. The summed E-state index contributed by atoms with van der Waals surface area (Å²) < 4.78 is 0. The second-order valence-electron chi connectivity index (χ2n) is 3.72. The fourth-order valence-corrected chi connectivity index (χ4v) is 1.97. The Morgan fingerprint density at radius 1 is 1.50 bits per heavy atom. The van der Waals surface area contributed by atoms with Crippen LogP contribution in [0.25, 0.3) is 0 Å². The van der Waals surface area contributed by atoms with Crippen molar-refractivity contribution in [2.75, 3.05) is 11.5 Å². The fraction of sp³-hybridized carbons (Fsp3) is 0.364. The van der Waals surface area contributed by atoms with Crippen molar-refractivity contribution in [1.29, 1.82) is 0 Å². The lowest BCUT2D eigenvalue weighted by molar-refractivity contribution is -0.140. The maximum Gasteiger partial charge on any atom is 0.307 e. The second kappa shape index (κ2) is 6.85. The molecule has 0 fully saturated rings. The molecule has 0 spiro atoms. The van der Waals surface area contributed by atoms with Crippen molar-refractivity contribution in [2.45, 2.75) is 6.92 Å². The summed E-state index contributed by atoms with van der Waals surface area (Å²) in [6, 6.07) is 3.21. The average Bonchev–Trinajstić information content (AvgIpc) is 2.81. The van der Waals surface area contributed by atoms with Gasteiger partial charge in [0, 0.05) is 11.9 Å². The van der Waals surface area contributed by atoms with Gasteiger partial charge < -0.3 is 10.1 Å². The van der Waals surface area contributed by atoms with Gasteiger partial charge in [-0.2, -0.15) is 11.8 Å². The minimum absolute atomic E-state index is 0.0596. The molecule has 0 aliphatic heterocycles. The van der Waals surface area contributed by atoms with E-state index in [1.54, 1.807) is 25.3 Å². The molecule has 98 valence electrons. The Morgan fingerprint density at radius 2 is 2.22 bits per heavy atom. The van der Waals surface area contributed by atoms with Crippen LogP contribution < -0.4 is 5.32 Å². The predicted molar refractivity (Wildman–Crippen MR) is 67.4 cm³/mol. The lowest BCUT2D eigenvalue weighted by atomic mass is 10.2. The highest BCUT2D eigenvalue weighted by Crippen LogP contribution is 2.08. The zero-order valence-electron chi connectivity index (χ0n) is 9.80. The Hall–Kier alpha value is -1.76. The number of aromatic nitrogens is 1. The molecule has 0 aliphatic carbocycles. The largest absolute Gasteiger partial charge is 0.481 e. The third kappa shape index (κ3) is 4.62. The highest BCUT2D eigenvalue weighted by atomic mass is 32.2. The highest BCUT2D eigenvalue weighted by Gasteiger charge is 2.14. The van der Waals surface area contributed by atoms with Crippen LogP contribution in [-0.2, 0) is 9.59 Å². The monoisotopic (exact) mass is 270 g/mol. The van der Waals surface area contributed by atoms with E-state index in [4.69, 9.17) is 5.11 Å². The van der Waals surface area contributed by atoms with Gasteiger partial charge in [-0.05, 0) is 12.1 Å². The number of hydrogen-bond donors (Lipinski definition) is 3. The van der Waals surface area contributed by atoms with Gasteiger partial charge in [0.2, 0.25) is 5.91 Å². The molecule has 3 N–H and O–H groups in total. The number of carboxylic acid groups (broad SMARTS) is 1. The van der Waals surface area contributed by atoms with Gasteiger partial charge in [-0.15, -0.1) is 0 Å². The molecule has 1 aromatic rings. The van der Waals surface area contributed by atoms with E-state index in [0.29, 0.717) is 11.4 Å². The van der Waals surface area contributed by atoms with E-state index in [9.17, 15) is 14.4 Å². The maximum atomic E-state index is 11.5. The summed E-state index contributed by atoms with van der Waals surface area (Å²) >= 11 is 1.18. The summed E-state index contributed by atoms with van der Waals surface area (Å²) in [5, 5.41) is 10.9. The van der Waals surface area contributed by atoms with Crippen molar-refractivity contribution >= 4 is 29.5 Å². The van der Waals surface area contributed by atoms with Crippen molar-refractivity contribution in [3.63, 3.8) is 0 Å². The normalized spacial score (nSPS) is 11.8. The number of imide groups is 1. The molecule has 0 saturated carbocycles. The molecule has 2 amide bonds. The number of aliphatic carboxylic acids is 1. The number of rotatable bonds is 6. The Morgan fingerprint density at radius 3 is 2.78 bits per heavy atom. The first kappa shape index (κ1) is 14.3. The van der Waals surface area contributed by atoms with Crippen LogP contribution in [0.3, 0.4) is 0 Å². The summed E-state index contributed by atoms with van der Waals surface area (Å²) in [5.41, 5.74) is 0.312. The smallest absolute Gasteiger partial charge is 0.307 e. The average molecular weight is 270 g/mol. The van der Waals surface area contributed by atoms with Crippen LogP contribution in [0, 0.1) is 5.92 Å². The molecule has 0 bridgehead atoms. The highest BCUT2D eigenvalue weighted by molar-refractivity contribution is 7.99. The van der Waals surface area contributed by atoms with Gasteiger partial charge in [0.15, 0.2) is 0 Å². The predicted octanol–water partition coefficient (Wildman–Crippen LogP) is 0.725. The first-order valence-electron chi connectivity index (χ1n) is 5.29. The summed E-state index contributed by atoms with van der Waals surface area (Å²) in [6.07, 6.45) is 1.59. The van der Waals surface area contributed by atoms with Crippen LogP contribution in [0.2, 0.25) is 0 Å². The molecule has 1 unspecified atom stereocenters. The Balaban J connectivity index is 2.26. The summed E-state index contributed by atoms with van der Waals surface area (Å²) in [4.78, 5) is 36.1. The Labute approximate surface area is 108 Å². The first-order chi connectivity index (χ1) is 8.50. The number of carbonyl (C=O) groups is 3. The minimum Gasteiger partial charge on any atom is -0.481 e. The Kier molecular flexibility index (Phi) is 5.44. The molecule has 0 saturated heterocycles. The van der Waals surface area contributed by atoms with Crippen molar-refractivity contribution in [2.24, 2.45) is 5.92 Å². The van der Waals surface area contributed by atoms with Crippen molar-refractivity contribution in [3.05, 3.63) is 24.0 Å². The zero-order valence-corrected chi connectivity index (χ0v) is 10.6. The van der Waals surface area contributed by atoms with Gasteiger partial charge in [0.25, 0.3) is 5.91 Å². The van der Waals surface area contributed by atoms with Gasteiger partial charge >= 0.3 is 5.97 Å². The molecule has 7 heteroatoms. The third-order valence-electron chi connectivity index (χ3n) is 2.12. The quantitative estimate of drug-likeness (QED) is 0.707. The zero-order chi connectivity index (χ0) is 13.5. The standard InChI is InChI=1S/C11H14N2O4S/c1-7(11(16)17)5-18-6-9(14)13-10(15)8-3-2-4-12-8/h2-4,7,12H,5-6H2,1H3,(H,16,17)(H,13,14,15). The molecule has 6 nitrogen and oxygen atoms in total. The van der Waals surface area contributed by atoms with Crippen molar-refractivity contribution in [3.8, 4) is 0 Å². The molecule has 0 aromatic carbocycles. The number of nitrogens with one attached hydrogen (secondary N) is 2. The van der Waals surface area contributed by atoms with Gasteiger partial charge in [-0.3, -0.25) is 19.7 Å². The van der Waals surface area contributed by atoms with E-state index < -0.39 is 23.7 Å². The molecular weight excluding hydrogens is 256 g/mol. The lowest BCUT2D eigenvalue weighted by Gasteiger charge is -2.05. The SMILES string of the molecule is CC(CSCC(=O)NC(=O)c1ccc[nH]1)C(=O)O. The van der Waals surface area contributed by atoms with Crippen LogP contribution in [-0.4, -0.2) is 39.4 Å². The molecule has 1 atom stereocenters. The number of H-pyrrole nitrogens is 1. The van der Waals surface area contributed by atoms with E-state index in [-0.39, 0.29) is 5.75 Å². The van der Waals surface area contributed by atoms with E-state index in [2.05, 4.69) is 10.3 Å². The molecule has 1 aromatic heterocycles. The van der Waals surface area contributed by atoms with Crippen LogP contribution in [0.1, 0.15) is 17.4 Å². The van der Waals surface area contributed by atoms with E-state index in [1.165, 1.54) is 11.8 Å². The number of carbonyl (C=O) groups excluding carboxylic acids is 2. The number of amides is 2. The molecular formula is C11H14N2O4S. The van der Waals surface area contributed by atoms with Crippen molar-refractivity contribution in [1.82, 2.24) is 10.3 Å². The number of aromatic amines is 1. The van der Waals surface area contributed by atoms with Crippen LogP contribution in [0.15, 0.2) is 18.3 Å². The number of thioether (sulfide) groups is 1. The maximum absolute atomic E-state index is 11.5. The first-order valence-corrected chi connectivity index (χ1v) is 6.44. The van der Waals surface area contributed by atoms with Crippen LogP contribution >= 0.6 is 11.8 Å². The van der Waals surface area contributed by atoms with E-state index >= 15 is 0 Å². The second-order valence-corrected chi connectivity index (χ2v) is 4.75. The van der Waals surface area contributed by atoms with E-state index in [0.717, 1.165) is 0 Å². The number of hydrogen-bond acceptors (Lipinski definition) is 4. The fourth-order valence-electron chi connectivity index (χ4n) is 1.10. The topological polar surface area (TPSA) is 99.3 Å².